The summed E-state index contributed by atoms with van der Waals surface area (Å²) in [6, 6.07) is 3.81. The molecule has 0 aliphatic carbocycles. The van der Waals surface area contributed by atoms with Gasteiger partial charge in [-0.3, -0.25) is 4.68 Å². The molecule has 0 aromatic carbocycles. The minimum atomic E-state index is -0.304. The van der Waals surface area contributed by atoms with E-state index in [0.717, 1.165) is 43.7 Å². The third kappa shape index (κ3) is 4.23. The molecular formula is C20H30FN5. The molecule has 2 aromatic rings. The molecule has 3 rings (SSSR count). The van der Waals surface area contributed by atoms with Crippen LogP contribution in [0.1, 0.15) is 50.6 Å². The number of hydrogen-bond donors (Lipinski definition) is 2. The van der Waals surface area contributed by atoms with Crippen LogP contribution in [0.25, 0.3) is 0 Å². The Morgan fingerprint density at radius 3 is 2.54 bits per heavy atom. The first-order valence-electron chi connectivity index (χ1n) is 9.45. The molecule has 1 saturated heterocycles. The second-order valence-corrected chi connectivity index (χ2v) is 8.37. The molecule has 0 bridgehead atoms. The fourth-order valence-corrected chi connectivity index (χ4v) is 3.63. The van der Waals surface area contributed by atoms with Crippen LogP contribution < -0.4 is 10.6 Å². The minimum absolute atomic E-state index is 0.122. The van der Waals surface area contributed by atoms with Crippen molar-refractivity contribution in [2.75, 3.05) is 18.4 Å². The molecule has 0 atom stereocenters. The Kier molecular flexibility index (Phi) is 5.32. The van der Waals surface area contributed by atoms with Gasteiger partial charge in [0.15, 0.2) is 17.5 Å². The molecule has 0 spiro atoms. The molecule has 26 heavy (non-hydrogen) atoms. The number of hydrogen-bond acceptors (Lipinski definition) is 4. The van der Waals surface area contributed by atoms with Crippen LogP contribution in [0.3, 0.4) is 0 Å². The average molecular weight is 359 g/mol. The van der Waals surface area contributed by atoms with Crippen molar-refractivity contribution in [3.05, 3.63) is 34.9 Å². The molecule has 0 saturated carbocycles. The molecule has 3 heterocycles. The smallest absolute Gasteiger partial charge is 0.168 e. The van der Waals surface area contributed by atoms with Crippen LogP contribution in [-0.4, -0.2) is 27.9 Å². The summed E-state index contributed by atoms with van der Waals surface area (Å²) in [4.78, 5) is 4.57. The van der Waals surface area contributed by atoms with Crippen LogP contribution in [0, 0.1) is 25.6 Å². The molecule has 2 N–H and O–H groups in total. The Balaban J connectivity index is 1.83. The van der Waals surface area contributed by atoms with E-state index in [1.807, 2.05) is 23.7 Å². The van der Waals surface area contributed by atoms with Crippen LogP contribution >= 0.6 is 0 Å². The number of nitrogens with one attached hydrogen (secondary N) is 2. The van der Waals surface area contributed by atoms with E-state index in [9.17, 15) is 4.39 Å². The highest BCUT2D eigenvalue weighted by atomic mass is 19.1. The summed E-state index contributed by atoms with van der Waals surface area (Å²) in [7, 11) is 0. The molecule has 0 amide bonds. The van der Waals surface area contributed by atoms with Crippen molar-refractivity contribution >= 4 is 11.6 Å². The van der Waals surface area contributed by atoms with Crippen molar-refractivity contribution in [3.63, 3.8) is 0 Å². The monoisotopic (exact) mass is 359 g/mol. The van der Waals surface area contributed by atoms with E-state index >= 15 is 0 Å². The molecular weight excluding hydrogens is 329 g/mol. The predicted octanol–water partition coefficient (Wildman–Crippen LogP) is 4.07. The van der Waals surface area contributed by atoms with Gasteiger partial charge >= 0.3 is 0 Å². The van der Waals surface area contributed by atoms with Gasteiger partial charge in [0.1, 0.15) is 0 Å². The number of anilines is 2. The Bertz CT molecular complexity index is 769. The van der Waals surface area contributed by atoms with Gasteiger partial charge in [-0.05, 0) is 84.5 Å². The molecule has 6 heteroatoms. The first kappa shape index (κ1) is 18.8. The summed E-state index contributed by atoms with van der Waals surface area (Å²) in [5, 5.41) is 11.1. The van der Waals surface area contributed by atoms with Crippen molar-refractivity contribution in [3.8, 4) is 0 Å². The van der Waals surface area contributed by atoms with Crippen molar-refractivity contribution in [2.24, 2.45) is 5.92 Å². The SMILES string of the molecule is Cc1cc(CC2CCNCC2)nc(Nc2cc(C)n(C(C)(C)C)n2)c1F. The normalized spacial score (nSPS) is 16.1. The highest BCUT2D eigenvalue weighted by Gasteiger charge is 2.20. The Hall–Kier alpha value is -1.95. The number of nitrogens with zero attached hydrogens (tertiary/aromatic N) is 3. The van der Waals surface area contributed by atoms with E-state index in [1.54, 1.807) is 6.92 Å². The van der Waals surface area contributed by atoms with Crippen LogP contribution in [0.4, 0.5) is 16.0 Å². The maximum Gasteiger partial charge on any atom is 0.168 e. The van der Waals surface area contributed by atoms with Gasteiger partial charge in [-0.1, -0.05) is 0 Å². The number of aromatic nitrogens is 3. The van der Waals surface area contributed by atoms with E-state index in [4.69, 9.17) is 0 Å². The molecule has 1 fully saturated rings. The van der Waals surface area contributed by atoms with Crippen molar-refractivity contribution in [1.82, 2.24) is 20.1 Å². The zero-order valence-electron chi connectivity index (χ0n) is 16.5. The first-order chi connectivity index (χ1) is 12.2. The fourth-order valence-electron chi connectivity index (χ4n) is 3.63. The molecule has 2 aromatic heterocycles. The van der Waals surface area contributed by atoms with E-state index in [-0.39, 0.29) is 17.2 Å². The first-order valence-corrected chi connectivity index (χ1v) is 9.45. The Morgan fingerprint density at radius 2 is 1.92 bits per heavy atom. The van der Waals surface area contributed by atoms with Gasteiger partial charge in [0.05, 0.1) is 5.54 Å². The van der Waals surface area contributed by atoms with Gasteiger partial charge in [-0.25, -0.2) is 9.37 Å². The summed E-state index contributed by atoms with van der Waals surface area (Å²) < 4.78 is 16.6. The van der Waals surface area contributed by atoms with Crippen LogP contribution in [0.15, 0.2) is 12.1 Å². The fraction of sp³-hybridized carbons (Fsp3) is 0.600. The largest absolute Gasteiger partial charge is 0.321 e. The summed E-state index contributed by atoms with van der Waals surface area (Å²) in [5.41, 5.74) is 2.48. The lowest BCUT2D eigenvalue weighted by Crippen LogP contribution is -2.28. The van der Waals surface area contributed by atoms with Crippen molar-refractivity contribution < 1.29 is 4.39 Å². The second-order valence-electron chi connectivity index (χ2n) is 8.37. The van der Waals surface area contributed by atoms with Gasteiger partial charge in [-0.2, -0.15) is 5.10 Å². The number of halogens is 1. The zero-order valence-corrected chi connectivity index (χ0v) is 16.5. The zero-order chi connectivity index (χ0) is 18.9. The van der Waals surface area contributed by atoms with E-state index in [1.165, 1.54) is 0 Å². The Labute approximate surface area is 155 Å². The highest BCUT2D eigenvalue weighted by molar-refractivity contribution is 5.54. The summed E-state index contributed by atoms with van der Waals surface area (Å²) >= 11 is 0. The lowest BCUT2D eigenvalue weighted by Gasteiger charge is -2.22. The lowest BCUT2D eigenvalue weighted by molar-refractivity contribution is 0.349. The van der Waals surface area contributed by atoms with Gasteiger partial charge < -0.3 is 10.6 Å². The minimum Gasteiger partial charge on any atom is -0.321 e. The number of aryl methyl sites for hydroxylation is 2. The lowest BCUT2D eigenvalue weighted by atomic mass is 9.92. The topological polar surface area (TPSA) is 54.8 Å². The summed E-state index contributed by atoms with van der Waals surface area (Å²) in [6.45, 7) is 12.2. The van der Waals surface area contributed by atoms with E-state index in [2.05, 4.69) is 41.5 Å². The van der Waals surface area contributed by atoms with Gasteiger partial charge in [-0.15, -0.1) is 0 Å². The van der Waals surface area contributed by atoms with Gasteiger partial charge in [0.2, 0.25) is 0 Å². The number of piperidine rings is 1. The number of rotatable bonds is 4. The van der Waals surface area contributed by atoms with Gasteiger partial charge in [0, 0.05) is 17.5 Å². The maximum absolute atomic E-state index is 14.6. The molecule has 142 valence electrons. The third-order valence-electron chi connectivity index (χ3n) is 4.92. The number of pyridine rings is 1. The van der Waals surface area contributed by atoms with Crippen LogP contribution in [-0.2, 0) is 12.0 Å². The molecule has 0 unspecified atom stereocenters. The molecule has 5 nitrogen and oxygen atoms in total. The highest BCUT2D eigenvalue weighted by Crippen LogP contribution is 2.25. The predicted molar refractivity (Wildman–Crippen MR) is 103 cm³/mol. The quantitative estimate of drug-likeness (QED) is 0.864. The summed E-state index contributed by atoms with van der Waals surface area (Å²) in [6.07, 6.45) is 3.19. The standard InChI is InChI=1S/C20H30FN5/c1-13-10-16(12-15-6-8-22-9-7-15)23-19(18(13)21)24-17-11-14(2)26(25-17)20(3,4)5/h10-11,15,22H,6-9,12H2,1-5H3,(H,23,24,25). The average Bonchev–Trinajstić information content (AvgIpc) is 2.94. The molecule has 1 aliphatic rings. The Morgan fingerprint density at radius 1 is 1.23 bits per heavy atom. The van der Waals surface area contributed by atoms with Crippen molar-refractivity contribution in [2.45, 2.75) is 59.4 Å². The van der Waals surface area contributed by atoms with E-state index in [0.29, 0.717) is 17.3 Å². The third-order valence-corrected chi connectivity index (χ3v) is 4.92. The molecule has 0 radical (unpaired) electrons. The summed E-state index contributed by atoms with van der Waals surface area (Å²) in [5.74, 6) is 1.21. The van der Waals surface area contributed by atoms with Gasteiger partial charge in [0.25, 0.3) is 0 Å². The van der Waals surface area contributed by atoms with Crippen molar-refractivity contribution in [1.29, 1.82) is 0 Å². The van der Waals surface area contributed by atoms with Crippen LogP contribution in [0.2, 0.25) is 0 Å². The maximum atomic E-state index is 14.6. The second kappa shape index (κ2) is 7.35. The van der Waals surface area contributed by atoms with E-state index < -0.39 is 0 Å². The van der Waals surface area contributed by atoms with Crippen LogP contribution in [0.5, 0.6) is 0 Å². The molecule has 1 aliphatic heterocycles.